The predicted molar refractivity (Wildman–Crippen MR) is 73.0 cm³/mol. The highest BCUT2D eigenvalue weighted by Gasteiger charge is 2.31. The van der Waals surface area contributed by atoms with Gasteiger partial charge >= 0.3 is 5.97 Å². The Labute approximate surface area is 115 Å². The minimum Gasteiger partial charge on any atom is -0.459 e. The summed E-state index contributed by atoms with van der Waals surface area (Å²) in [7, 11) is 0. The summed E-state index contributed by atoms with van der Waals surface area (Å²) in [6, 6.07) is 0.627. The standard InChI is InChI=1S/C14H26N2O3/c1-14(2,3)19-13(17)8-15-7-12-9-16-6-4-5-11(16)10-18-12/h11-12,15H,4-10H2,1-3H3. The molecular weight excluding hydrogens is 244 g/mol. The Kier molecular flexibility index (Phi) is 4.81. The second-order valence-electron chi connectivity index (χ2n) is 6.46. The molecule has 2 unspecified atom stereocenters. The van der Waals surface area contributed by atoms with Crippen molar-refractivity contribution >= 4 is 5.97 Å². The van der Waals surface area contributed by atoms with Crippen LogP contribution in [0.2, 0.25) is 0 Å². The lowest BCUT2D eigenvalue weighted by Gasteiger charge is -2.35. The SMILES string of the molecule is CC(C)(C)OC(=O)CNCC1CN2CCCC2CO1. The van der Waals surface area contributed by atoms with Gasteiger partial charge < -0.3 is 14.8 Å². The third kappa shape index (κ3) is 4.75. The smallest absolute Gasteiger partial charge is 0.320 e. The number of carbonyl (C=O) groups excluding carboxylic acids is 1. The van der Waals surface area contributed by atoms with E-state index in [2.05, 4.69) is 10.2 Å². The van der Waals surface area contributed by atoms with Crippen LogP contribution in [0.3, 0.4) is 0 Å². The van der Waals surface area contributed by atoms with Crippen molar-refractivity contribution in [3.63, 3.8) is 0 Å². The first kappa shape index (κ1) is 14.8. The molecule has 2 atom stereocenters. The zero-order chi connectivity index (χ0) is 13.9. The van der Waals surface area contributed by atoms with Gasteiger partial charge in [-0.25, -0.2) is 0 Å². The van der Waals surface area contributed by atoms with Crippen LogP contribution >= 0.6 is 0 Å². The lowest BCUT2D eigenvalue weighted by Crippen LogP contribution is -2.50. The maximum atomic E-state index is 11.5. The number of esters is 1. The minimum atomic E-state index is -0.414. The van der Waals surface area contributed by atoms with E-state index in [0.717, 1.165) is 13.2 Å². The number of ether oxygens (including phenoxy) is 2. The monoisotopic (exact) mass is 270 g/mol. The summed E-state index contributed by atoms with van der Waals surface area (Å²) < 4.78 is 11.1. The van der Waals surface area contributed by atoms with Crippen LogP contribution in [0, 0.1) is 0 Å². The van der Waals surface area contributed by atoms with Crippen molar-refractivity contribution in [2.45, 2.75) is 51.4 Å². The van der Waals surface area contributed by atoms with Crippen LogP contribution in [-0.2, 0) is 14.3 Å². The molecule has 5 nitrogen and oxygen atoms in total. The van der Waals surface area contributed by atoms with Crippen molar-refractivity contribution in [1.82, 2.24) is 10.2 Å². The third-order valence-electron chi connectivity index (χ3n) is 3.52. The Morgan fingerprint density at radius 3 is 3.00 bits per heavy atom. The Bertz CT molecular complexity index is 314. The summed E-state index contributed by atoms with van der Waals surface area (Å²) in [5.74, 6) is -0.206. The van der Waals surface area contributed by atoms with Crippen molar-refractivity contribution in [3.05, 3.63) is 0 Å². The molecule has 110 valence electrons. The molecule has 19 heavy (non-hydrogen) atoms. The van der Waals surface area contributed by atoms with Gasteiger partial charge in [0, 0.05) is 19.1 Å². The van der Waals surface area contributed by atoms with Gasteiger partial charge in [-0.15, -0.1) is 0 Å². The zero-order valence-corrected chi connectivity index (χ0v) is 12.3. The number of hydrogen-bond acceptors (Lipinski definition) is 5. The molecule has 2 aliphatic heterocycles. The average Bonchev–Trinajstić information content (AvgIpc) is 2.73. The normalized spacial score (nSPS) is 28.2. The van der Waals surface area contributed by atoms with E-state index >= 15 is 0 Å². The highest BCUT2D eigenvalue weighted by Crippen LogP contribution is 2.22. The van der Waals surface area contributed by atoms with E-state index < -0.39 is 5.60 Å². The fourth-order valence-electron chi connectivity index (χ4n) is 2.72. The third-order valence-corrected chi connectivity index (χ3v) is 3.52. The van der Waals surface area contributed by atoms with Crippen molar-refractivity contribution < 1.29 is 14.3 Å². The van der Waals surface area contributed by atoms with Gasteiger partial charge in [-0.2, -0.15) is 0 Å². The topological polar surface area (TPSA) is 50.8 Å². The highest BCUT2D eigenvalue weighted by molar-refractivity contribution is 5.72. The minimum absolute atomic E-state index is 0.191. The van der Waals surface area contributed by atoms with Crippen LogP contribution in [0.1, 0.15) is 33.6 Å². The fraction of sp³-hybridized carbons (Fsp3) is 0.929. The molecule has 0 saturated carbocycles. The van der Waals surface area contributed by atoms with E-state index in [-0.39, 0.29) is 18.6 Å². The number of carbonyl (C=O) groups is 1. The fourth-order valence-corrected chi connectivity index (χ4v) is 2.72. The Hall–Kier alpha value is -0.650. The molecule has 0 spiro atoms. The zero-order valence-electron chi connectivity index (χ0n) is 12.3. The molecule has 0 aromatic carbocycles. The summed E-state index contributed by atoms with van der Waals surface area (Å²) in [6.45, 7) is 9.60. The number of fused-ring (bicyclic) bond motifs is 1. The van der Waals surface area contributed by atoms with E-state index in [1.54, 1.807) is 0 Å². The van der Waals surface area contributed by atoms with E-state index in [1.807, 2.05) is 20.8 Å². The van der Waals surface area contributed by atoms with Crippen molar-refractivity contribution in [2.24, 2.45) is 0 Å². The molecule has 2 aliphatic rings. The molecular formula is C14H26N2O3. The first-order valence-electron chi connectivity index (χ1n) is 7.22. The molecule has 0 aromatic heterocycles. The van der Waals surface area contributed by atoms with E-state index in [4.69, 9.17) is 9.47 Å². The number of hydrogen-bond donors (Lipinski definition) is 1. The molecule has 2 saturated heterocycles. The second-order valence-corrected chi connectivity index (χ2v) is 6.46. The van der Waals surface area contributed by atoms with Crippen molar-refractivity contribution in [2.75, 3.05) is 32.8 Å². The summed E-state index contributed by atoms with van der Waals surface area (Å²) in [4.78, 5) is 14.1. The van der Waals surface area contributed by atoms with Gasteiger partial charge in [0.2, 0.25) is 0 Å². The van der Waals surface area contributed by atoms with Gasteiger partial charge in [0.15, 0.2) is 0 Å². The molecule has 0 aliphatic carbocycles. The van der Waals surface area contributed by atoms with E-state index in [1.165, 1.54) is 19.4 Å². The van der Waals surface area contributed by atoms with Crippen LogP contribution in [-0.4, -0.2) is 61.4 Å². The maximum absolute atomic E-state index is 11.5. The van der Waals surface area contributed by atoms with Gasteiger partial charge in [0.05, 0.1) is 19.3 Å². The Balaban J connectivity index is 1.62. The van der Waals surface area contributed by atoms with Crippen molar-refractivity contribution in [3.8, 4) is 0 Å². The van der Waals surface area contributed by atoms with Crippen molar-refractivity contribution in [1.29, 1.82) is 0 Å². The summed E-state index contributed by atoms with van der Waals surface area (Å²) in [5.41, 5.74) is -0.414. The van der Waals surface area contributed by atoms with Gasteiger partial charge in [-0.05, 0) is 40.2 Å². The van der Waals surface area contributed by atoms with E-state index in [0.29, 0.717) is 12.6 Å². The Morgan fingerprint density at radius 2 is 2.26 bits per heavy atom. The summed E-state index contributed by atoms with van der Waals surface area (Å²) >= 11 is 0. The predicted octanol–water partition coefficient (Wildman–Crippen LogP) is 0.781. The van der Waals surface area contributed by atoms with Gasteiger partial charge in [-0.3, -0.25) is 9.69 Å². The molecule has 0 amide bonds. The molecule has 2 rings (SSSR count). The first-order chi connectivity index (χ1) is 8.94. The van der Waals surface area contributed by atoms with Crippen LogP contribution in [0.25, 0.3) is 0 Å². The molecule has 0 aromatic rings. The van der Waals surface area contributed by atoms with Crippen LogP contribution < -0.4 is 5.32 Å². The van der Waals surface area contributed by atoms with Crippen LogP contribution in [0.4, 0.5) is 0 Å². The van der Waals surface area contributed by atoms with Crippen LogP contribution in [0.5, 0.6) is 0 Å². The second kappa shape index (κ2) is 6.20. The quantitative estimate of drug-likeness (QED) is 0.765. The molecule has 1 N–H and O–H groups in total. The molecule has 0 bridgehead atoms. The maximum Gasteiger partial charge on any atom is 0.320 e. The Morgan fingerprint density at radius 1 is 1.47 bits per heavy atom. The summed E-state index contributed by atoms with van der Waals surface area (Å²) in [6.07, 6.45) is 2.74. The van der Waals surface area contributed by atoms with Gasteiger partial charge in [0.25, 0.3) is 0 Å². The lowest BCUT2D eigenvalue weighted by atomic mass is 10.2. The lowest BCUT2D eigenvalue weighted by molar-refractivity contribution is -0.153. The number of morpholine rings is 1. The molecule has 2 fully saturated rings. The number of rotatable bonds is 4. The highest BCUT2D eigenvalue weighted by atomic mass is 16.6. The average molecular weight is 270 g/mol. The van der Waals surface area contributed by atoms with Gasteiger partial charge in [0.1, 0.15) is 5.60 Å². The van der Waals surface area contributed by atoms with Crippen LogP contribution in [0.15, 0.2) is 0 Å². The summed E-state index contributed by atoms with van der Waals surface area (Å²) in [5, 5.41) is 3.13. The molecule has 5 heteroatoms. The number of nitrogens with zero attached hydrogens (tertiary/aromatic N) is 1. The molecule has 2 heterocycles. The number of nitrogens with one attached hydrogen (secondary N) is 1. The first-order valence-corrected chi connectivity index (χ1v) is 7.22. The molecule has 0 radical (unpaired) electrons. The van der Waals surface area contributed by atoms with E-state index in [9.17, 15) is 4.79 Å². The largest absolute Gasteiger partial charge is 0.459 e. The van der Waals surface area contributed by atoms with Gasteiger partial charge in [-0.1, -0.05) is 0 Å².